The van der Waals surface area contributed by atoms with Gasteiger partial charge in [-0.2, -0.15) is 0 Å². The van der Waals surface area contributed by atoms with Crippen LogP contribution in [0, 0.1) is 0 Å². The molecule has 0 heterocycles. The van der Waals surface area contributed by atoms with E-state index in [-0.39, 0.29) is 31.1 Å². The molecule has 55 heavy (non-hydrogen) atoms. The fraction of sp³-hybridized carbons (Fsp3) is 0.653. The average Bonchev–Trinajstić information content (AvgIpc) is 3.18. The van der Waals surface area contributed by atoms with Crippen LogP contribution in [0.3, 0.4) is 0 Å². The third-order valence-corrected chi connectivity index (χ3v) is 9.05. The molecule has 0 amide bonds. The van der Waals surface area contributed by atoms with Crippen molar-refractivity contribution in [3.05, 3.63) is 85.1 Å². The van der Waals surface area contributed by atoms with E-state index in [0.717, 1.165) is 64.2 Å². The largest absolute Gasteiger partial charge is 0.462 e. The zero-order valence-corrected chi connectivity index (χ0v) is 35.4. The molecule has 0 aliphatic rings. The molecular formula is C49H80O6. The number of carbonyl (C=O) groups excluding carboxylic acids is 3. The molecule has 0 saturated carbocycles. The van der Waals surface area contributed by atoms with Crippen LogP contribution in [0.2, 0.25) is 0 Å². The Balaban J connectivity index is 4.48. The van der Waals surface area contributed by atoms with Crippen LogP contribution >= 0.6 is 0 Å². The van der Waals surface area contributed by atoms with Crippen molar-refractivity contribution in [1.29, 1.82) is 0 Å². The number of carbonyl (C=O) groups is 3. The predicted octanol–water partition coefficient (Wildman–Crippen LogP) is 14.1. The number of allylic oxidation sites excluding steroid dienone is 14. The Morgan fingerprint density at radius 2 is 0.745 bits per heavy atom. The lowest BCUT2D eigenvalue weighted by Crippen LogP contribution is -2.30. The molecular weight excluding hydrogens is 685 g/mol. The molecule has 1 atom stereocenters. The van der Waals surface area contributed by atoms with Crippen molar-refractivity contribution in [2.45, 2.75) is 194 Å². The lowest BCUT2D eigenvalue weighted by molar-refractivity contribution is -0.167. The number of hydrogen-bond acceptors (Lipinski definition) is 6. The first kappa shape index (κ1) is 51.6. The van der Waals surface area contributed by atoms with Crippen molar-refractivity contribution in [2.24, 2.45) is 0 Å². The lowest BCUT2D eigenvalue weighted by Gasteiger charge is -2.18. The Morgan fingerprint density at radius 1 is 0.382 bits per heavy atom. The summed E-state index contributed by atoms with van der Waals surface area (Å²) in [6.45, 7) is 6.36. The van der Waals surface area contributed by atoms with E-state index >= 15 is 0 Å². The van der Waals surface area contributed by atoms with E-state index in [1.165, 1.54) is 77.0 Å². The van der Waals surface area contributed by atoms with Gasteiger partial charge in [0.1, 0.15) is 13.2 Å². The Bertz CT molecular complexity index is 1110. The van der Waals surface area contributed by atoms with Crippen LogP contribution in [-0.4, -0.2) is 37.2 Å². The van der Waals surface area contributed by atoms with Crippen LogP contribution in [0.5, 0.6) is 0 Å². The van der Waals surface area contributed by atoms with Gasteiger partial charge in [-0.15, -0.1) is 0 Å². The highest BCUT2D eigenvalue weighted by Crippen LogP contribution is 2.13. The summed E-state index contributed by atoms with van der Waals surface area (Å²) in [6, 6.07) is 0. The molecule has 0 saturated heterocycles. The molecule has 0 aromatic heterocycles. The molecule has 0 aromatic carbocycles. The van der Waals surface area contributed by atoms with E-state index in [4.69, 9.17) is 14.2 Å². The number of rotatable bonds is 38. The summed E-state index contributed by atoms with van der Waals surface area (Å²) in [5, 5.41) is 0. The van der Waals surface area contributed by atoms with Crippen molar-refractivity contribution in [2.75, 3.05) is 13.2 Å². The van der Waals surface area contributed by atoms with Gasteiger partial charge in [-0.3, -0.25) is 14.4 Å². The third-order valence-electron chi connectivity index (χ3n) is 9.05. The Kier molecular flexibility index (Phi) is 40.6. The molecule has 0 radical (unpaired) electrons. The lowest BCUT2D eigenvalue weighted by atomic mass is 10.1. The van der Waals surface area contributed by atoms with E-state index in [1.807, 2.05) is 60.8 Å². The van der Waals surface area contributed by atoms with Gasteiger partial charge in [0.15, 0.2) is 6.10 Å². The molecule has 6 nitrogen and oxygen atoms in total. The predicted molar refractivity (Wildman–Crippen MR) is 233 cm³/mol. The van der Waals surface area contributed by atoms with Crippen molar-refractivity contribution in [1.82, 2.24) is 0 Å². The van der Waals surface area contributed by atoms with Gasteiger partial charge in [0.05, 0.1) is 0 Å². The van der Waals surface area contributed by atoms with Crippen molar-refractivity contribution in [3.63, 3.8) is 0 Å². The summed E-state index contributed by atoms with van der Waals surface area (Å²) in [5.41, 5.74) is 0. The Morgan fingerprint density at radius 3 is 1.25 bits per heavy atom. The summed E-state index contributed by atoms with van der Waals surface area (Å²) in [4.78, 5) is 37.6. The maximum absolute atomic E-state index is 12.7. The second kappa shape index (κ2) is 43.3. The summed E-state index contributed by atoms with van der Waals surface area (Å²) in [5.74, 6) is -0.991. The van der Waals surface area contributed by atoms with Gasteiger partial charge < -0.3 is 14.2 Å². The fourth-order valence-electron chi connectivity index (χ4n) is 5.71. The zero-order valence-electron chi connectivity index (χ0n) is 35.4. The molecule has 1 unspecified atom stereocenters. The maximum atomic E-state index is 12.7. The fourth-order valence-corrected chi connectivity index (χ4v) is 5.71. The SMILES string of the molecule is CC\C=C/C=C\C=C/C=C\C=C\C=C/CCCCCC(=O)OCC(COC(=O)CCC/C=C\CCCCCC)OC(=O)CCCCCCCCCCCCC. The number of esters is 3. The van der Waals surface area contributed by atoms with Gasteiger partial charge >= 0.3 is 17.9 Å². The molecule has 0 bridgehead atoms. The van der Waals surface area contributed by atoms with Gasteiger partial charge in [-0.1, -0.05) is 196 Å². The summed E-state index contributed by atoms with van der Waals surface area (Å²) in [6.07, 6.45) is 54.3. The number of unbranched alkanes of at least 4 members (excludes halogenated alkanes) is 18. The Hall–Kier alpha value is -3.41. The number of ether oxygens (including phenoxy) is 3. The minimum absolute atomic E-state index is 0.106. The van der Waals surface area contributed by atoms with Crippen LogP contribution in [0.25, 0.3) is 0 Å². The highest BCUT2D eigenvalue weighted by atomic mass is 16.6. The van der Waals surface area contributed by atoms with Crippen LogP contribution in [-0.2, 0) is 28.6 Å². The normalized spacial score (nSPS) is 12.9. The van der Waals surface area contributed by atoms with E-state index in [2.05, 4.69) is 45.1 Å². The van der Waals surface area contributed by atoms with Crippen molar-refractivity contribution in [3.8, 4) is 0 Å². The van der Waals surface area contributed by atoms with Crippen LogP contribution in [0.4, 0.5) is 0 Å². The average molecular weight is 765 g/mol. The van der Waals surface area contributed by atoms with E-state index in [9.17, 15) is 14.4 Å². The van der Waals surface area contributed by atoms with E-state index in [1.54, 1.807) is 0 Å². The molecule has 0 fully saturated rings. The molecule has 0 N–H and O–H groups in total. The molecule has 0 aliphatic heterocycles. The van der Waals surface area contributed by atoms with Gasteiger partial charge in [0.2, 0.25) is 0 Å². The van der Waals surface area contributed by atoms with Gasteiger partial charge in [-0.25, -0.2) is 0 Å². The van der Waals surface area contributed by atoms with Gasteiger partial charge in [0, 0.05) is 19.3 Å². The first-order chi connectivity index (χ1) is 27.0. The highest BCUT2D eigenvalue weighted by Gasteiger charge is 2.19. The maximum Gasteiger partial charge on any atom is 0.306 e. The molecule has 0 rings (SSSR count). The van der Waals surface area contributed by atoms with Crippen molar-refractivity contribution < 1.29 is 28.6 Å². The topological polar surface area (TPSA) is 78.9 Å². The van der Waals surface area contributed by atoms with E-state index in [0.29, 0.717) is 25.7 Å². The third kappa shape index (κ3) is 41.6. The molecule has 0 spiro atoms. The van der Waals surface area contributed by atoms with Crippen molar-refractivity contribution >= 4 is 17.9 Å². The highest BCUT2D eigenvalue weighted by molar-refractivity contribution is 5.71. The first-order valence-electron chi connectivity index (χ1n) is 22.2. The Labute approximate surface area is 337 Å². The summed E-state index contributed by atoms with van der Waals surface area (Å²) < 4.78 is 16.6. The van der Waals surface area contributed by atoms with Gasteiger partial charge in [-0.05, 0) is 57.8 Å². The van der Waals surface area contributed by atoms with Gasteiger partial charge in [0.25, 0.3) is 0 Å². The minimum Gasteiger partial charge on any atom is -0.462 e. The molecule has 0 aromatic rings. The monoisotopic (exact) mass is 765 g/mol. The number of hydrogen-bond donors (Lipinski definition) is 0. The minimum atomic E-state index is -0.801. The quantitative estimate of drug-likeness (QED) is 0.0205. The zero-order chi connectivity index (χ0) is 40.1. The first-order valence-corrected chi connectivity index (χ1v) is 22.2. The van der Waals surface area contributed by atoms with Crippen LogP contribution in [0.1, 0.15) is 188 Å². The molecule has 6 heteroatoms. The van der Waals surface area contributed by atoms with E-state index < -0.39 is 6.10 Å². The van der Waals surface area contributed by atoms with Crippen LogP contribution < -0.4 is 0 Å². The standard InChI is InChI=1S/C49H80O6/c1-4-7-10-13-16-19-21-22-23-24-25-26-28-30-33-36-39-42-48(51)54-45-46(44-53-47(50)41-38-35-32-29-18-15-12-9-6-3)55-49(52)43-40-37-34-31-27-20-17-14-11-8-5-2/h7,10,13,16,19,21-26,28-29,32,46H,4-6,8-9,11-12,14-15,17-18,20,27,30-31,33-45H2,1-3H3/b10-7-,16-13-,21-19-,23-22-,25-24+,28-26-,32-29-. The molecule has 0 aliphatic carbocycles. The second-order valence-electron chi connectivity index (χ2n) is 14.4. The summed E-state index contributed by atoms with van der Waals surface area (Å²) in [7, 11) is 0. The van der Waals surface area contributed by atoms with Crippen LogP contribution in [0.15, 0.2) is 85.1 Å². The smallest absolute Gasteiger partial charge is 0.306 e. The summed E-state index contributed by atoms with van der Waals surface area (Å²) >= 11 is 0. The second-order valence-corrected chi connectivity index (χ2v) is 14.4. The molecule has 312 valence electrons.